The van der Waals surface area contributed by atoms with Crippen LogP contribution in [-0.2, 0) is 9.59 Å². The normalized spacial score (nSPS) is 23.4. The summed E-state index contributed by atoms with van der Waals surface area (Å²) in [4.78, 5) is 30.5. The Hall–Kier alpha value is -1.64. The topological polar surface area (TPSA) is 84.3 Å². The van der Waals surface area contributed by atoms with E-state index in [1.165, 1.54) is 6.08 Å². The molecule has 0 spiro atoms. The number of nitrogens with zero attached hydrogens (tertiary/aromatic N) is 3. The molecule has 0 bridgehead atoms. The van der Waals surface area contributed by atoms with Gasteiger partial charge in [-0.1, -0.05) is 29.3 Å². The second-order valence-electron chi connectivity index (χ2n) is 7.68. The van der Waals surface area contributed by atoms with Crippen LogP contribution in [0.5, 0.6) is 0 Å². The summed E-state index contributed by atoms with van der Waals surface area (Å²) in [7, 11) is 0. The fourth-order valence-corrected chi connectivity index (χ4v) is 4.19. The lowest BCUT2D eigenvalue weighted by Crippen LogP contribution is -2.42. The largest absolute Gasteiger partial charge is 0.395 e. The van der Waals surface area contributed by atoms with Gasteiger partial charge in [0, 0.05) is 57.8 Å². The van der Waals surface area contributed by atoms with Gasteiger partial charge in [-0.15, -0.1) is 0 Å². The number of likely N-dealkylation sites (tertiary alicyclic amines) is 1. The van der Waals surface area contributed by atoms with Gasteiger partial charge in [0.15, 0.2) is 0 Å². The lowest BCUT2D eigenvalue weighted by atomic mass is 10.2. The molecule has 2 fully saturated rings. The number of hydrogen-bond acceptors (Lipinski definition) is 5. The molecule has 2 N–H and O–H groups in total. The third kappa shape index (κ3) is 5.95. The van der Waals surface area contributed by atoms with E-state index in [-0.39, 0.29) is 30.9 Å². The van der Waals surface area contributed by atoms with Crippen LogP contribution in [0.15, 0.2) is 24.3 Å². The van der Waals surface area contributed by atoms with Crippen molar-refractivity contribution < 1.29 is 19.8 Å². The molecule has 2 aliphatic heterocycles. The van der Waals surface area contributed by atoms with Crippen molar-refractivity contribution in [3.05, 3.63) is 39.9 Å². The molecule has 3 rings (SSSR count). The molecular formula is C21H27Cl2N3O4. The van der Waals surface area contributed by atoms with Crippen molar-refractivity contribution in [2.75, 3.05) is 45.9 Å². The quantitative estimate of drug-likeness (QED) is 0.634. The second-order valence-corrected chi connectivity index (χ2v) is 8.50. The Kier molecular flexibility index (Phi) is 8.13. The van der Waals surface area contributed by atoms with Crippen LogP contribution in [0.3, 0.4) is 0 Å². The summed E-state index contributed by atoms with van der Waals surface area (Å²) >= 11 is 11.9. The van der Waals surface area contributed by atoms with E-state index in [0.29, 0.717) is 55.7 Å². The zero-order chi connectivity index (χ0) is 21.7. The van der Waals surface area contributed by atoms with Crippen LogP contribution in [0.1, 0.15) is 18.4 Å². The standard InChI is InChI=1S/C21H27Cl2N3O4/c22-18-3-1-15(11-19(18)23)2-4-20(29)24-6-5-21(30)25(8-7-24)9-10-26-13-17(28)12-16(26)14-27/h1-4,11,16-17,27-28H,5-10,12-14H2/b4-2+/t16-,17-/m0/s1. The Morgan fingerprint density at radius 1 is 1.17 bits per heavy atom. The maximum absolute atomic E-state index is 12.6. The third-order valence-electron chi connectivity index (χ3n) is 5.64. The van der Waals surface area contributed by atoms with Gasteiger partial charge in [0.1, 0.15) is 0 Å². The third-order valence-corrected chi connectivity index (χ3v) is 6.37. The van der Waals surface area contributed by atoms with Gasteiger partial charge >= 0.3 is 0 Å². The first-order valence-electron chi connectivity index (χ1n) is 10.1. The molecule has 2 heterocycles. The predicted molar refractivity (Wildman–Crippen MR) is 116 cm³/mol. The van der Waals surface area contributed by atoms with Gasteiger partial charge in [-0.2, -0.15) is 0 Å². The Morgan fingerprint density at radius 3 is 2.70 bits per heavy atom. The number of carbonyl (C=O) groups excluding carboxylic acids is 2. The van der Waals surface area contributed by atoms with Crippen LogP contribution >= 0.6 is 23.2 Å². The number of carbonyl (C=O) groups is 2. The first kappa shape index (κ1) is 23.0. The first-order valence-corrected chi connectivity index (χ1v) is 10.9. The molecule has 2 amide bonds. The van der Waals surface area contributed by atoms with Crippen molar-refractivity contribution in [3.63, 3.8) is 0 Å². The van der Waals surface area contributed by atoms with E-state index < -0.39 is 6.10 Å². The minimum atomic E-state index is -0.433. The summed E-state index contributed by atoms with van der Waals surface area (Å²) in [6, 6.07) is 5.08. The van der Waals surface area contributed by atoms with Crippen molar-refractivity contribution in [1.82, 2.24) is 14.7 Å². The summed E-state index contributed by atoms with van der Waals surface area (Å²) in [6.07, 6.45) is 3.56. The van der Waals surface area contributed by atoms with E-state index >= 15 is 0 Å². The number of rotatable bonds is 6. The molecule has 30 heavy (non-hydrogen) atoms. The maximum atomic E-state index is 12.6. The number of benzene rings is 1. The first-order chi connectivity index (χ1) is 14.4. The van der Waals surface area contributed by atoms with Gasteiger partial charge in [0.25, 0.3) is 0 Å². The number of hydrogen-bond donors (Lipinski definition) is 2. The molecule has 7 nitrogen and oxygen atoms in total. The lowest BCUT2D eigenvalue weighted by Gasteiger charge is -2.27. The average Bonchev–Trinajstić information content (AvgIpc) is 2.99. The number of aliphatic hydroxyl groups is 2. The summed E-state index contributed by atoms with van der Waals surface area (Å²) in [6.45, 7) is 2.92. The van der Waals surface area contributed by atoms with Gasteiger partial charge < -0.3 is 20.0 Å². The summed E-state index contributed by atoms with van der Waals surface area (Å²) in [5.74, 6) is -0.141. The van der Waals surface area contributed by atoms with Gasteiger partial charge in [-0.25, -0.2) is 0 Å². The number of β-amino-alcohol motifs (C(OH)–C–C–N with tert-alkyl or cyclic N) is 1. The summed E-state index contributed by atoms with van der Waals surface area (Å²) in [5.41, 5.74) is 0.775. The minimum absolute atomic E-state index is 0.00154. The van der Waals surface area contributed by atoms with Crippen LogP contribution in [0.2, 0.25) is 10.0 Å². The van der Waals surface area contributed by atoms with Crippen LogP contribution < -0.4 is 0 Å². The maximum Gasteiger partial charge on any atom is 0.246 e. The van der Waals surface area contributed by atoms with Crippen molar-refractivity contribution in [1.29, 1.82) is 0 Å². The molecule has 1 aromatic rings. The highest BCUT2D eigenvalue weighted by Crippen LogP contribution is 2.23. The van der Waals surface area contributed by atoms with E-state index in [2.05, 4.69) is 0 Å². The van der Waals surface area contributed by atoms with Crippen molar-refractivity contribution in [2.24, 2.45) is 0 Å². The van der Waals surface area contributed by atoms with Gasteiger partial charge in [0.2, 0.25) is 11.8 Å². The van der Waals surface area contributed by atoms with Crippen molar-refractivity contribution in [3.8, 4) is 0 Å². The van der Waals surface area contributed by atoms with Crippen molar-refractivity contribution in [2.45, 2.75) is 25.0 Å². The zero-order valence-corrected chi connectivity index (χ0v) is 18.2. The van der Waals surface area contributed by atoms with Crippen LogP contribution in [0.25, 0.3) is 6.08 Å². The smallest absolute Gasteiger partial charge is 0.246 e. The van der Waals surface area contributed by atoms with E-state index in [4.69, 9.17) is 23.2 Å². The Balaban J connectivity index is 1.52. The lowest BCUT2D eigenvalue weighted by molar-refractivity contribution is -0.130. The van der Waals surface area contributed by atoms with E-state index in [9.17, 15) is 19.8 Å². The average molecular weight is 456 g/mol. The SMILES string of the molecule is O=C(/C=C/c1ccc(Cl)c(Cl)c1)N1CCC(=O)N(CCN2C[C@@H](O)C[C@H]2CO)CC1. The van der Waals surface area contributed by atoms with Gasteiger partial charge in [0.05, 0.1) is 22.8 Å². The summed E-state index contributed by atoms with van der Waals surface area (Å²) < 4.78 is 0. The van der Waals surface area contributed by atoms with Crippen LogP contribution in [0, 0.1) is 0 Å². The molecule has 2 saturated heterocycles. The molecule has 0 aromatic heterocycles. The highest BCUT2D eigenvalue weighted by Gasteiger charge is 2.31. The Bertz CT molecular complexity index is 804. The number of amides is 2. The minimum Gasteiger partial charge on any atom is -0.395 e. The zero-order valence-electron chi connectivity index (χ0n) is 16.7. The fraction of sp³-hybridized carbons (Fsp3) is 0.524. The monoisotopic (exact) mass is 455 g/mol. The molecule has 9 heteroatoms. The Morgan fingerprint density at radius 2 is 1.97 bits per heavy atom. The van der Waals surface area contributed by atoms with E-state index in [0.717, 1.165) is 5.56 Å². The molecule has 1 aromatic carbocycles. The van der Waals surface area contributed by atoms with E-state index in [1.54, 1.807) is 34.1 Å². The van der Waals surface area contributed by atoms with Crippen molar-refractivity contribution >= 4 is 41.1 Å². The number of aliphatic hydroxyl groups excluding tert-OH is 2. The van der Waals surface area contributed by atoms with Gasteiger partial charge in [-0.05, 0) is 30.2 Å². The molecule has 0 radical (unpaired) electrons. The molecule has 0 saturated carbocycles. The number of halogens is 2. The highest BCUT2D eigenvalue weighted by molar-refractivity contribution is 6.42. The highest BCUT2D eigenvalue weighted by atomic mass is 35.5. The molecule has 2 atom stereocenters. The van der Waals surface area contributed by atoms with Crippen LogP contribution in [0.4, 0.5) is 0 Å². The summed E-state index contributed by atoms with van der Waals surface area (Å²) in [5, 5.41) is 20.1. The van der Waals surface area contributed by atoms with Crippen LogP contribution in [-0.4, -0.2) is 94.7 Å². The second kappa shape index (κ2) is 10.6. The molecular weight excluding hydrogens is 429 g/mol. The fourth-order valence-electron chi connectivity index (χ4n) is 3.88. The Labute approximate surface area is 186 Å². The van der Waals surface area contributed by atoms with E-state index in [1.807, 2.05) is 4.90 Å². The molecule has 0 unspecified atom stereocenters. The molecule has 2 aliphatic rings. The van der Waals surface area contributed by atoms with Gasteiger partial charge in [-0.3, -0.25) is 14.5 Å². The predicted octanol–water partition coefficient (Wildman–Crippen LogP) is 1.50. The molecule has 0 aliphatic carbocycles. The molecule has 164 valence electrons.